The molecule has 1 atom stereocenters. The fraction of sp³-hybridized carbons (Fsp3) is 0.250. The maximum atomic E-state index is 12.6. The van der Waals surface area contributed by atoms with Gasteiger partial charge in [-0.25, -0.2) is 0 Å². The Morgan fingerprint density at radius 1 is 0.850 bits per heavy atom. The minimum atomic E-state index is -4.33. The van der Waals surface area contributed by atoms with E-state index in [0.717, 1.165) is 23.3 Å². The summed E-state index contributed by atoms with van der Waals surface area (Å²) in [6, 6.07) is 12.6. The highest BCUT2D eigenvalue weighted by atomic mass is 19.4. The van der Waals surface area contributed by atoms with Crippen LogP contribution in [0.3, 0.4) is 0 Å². The van der Waals surface area contributed by atoms with Crippen molar-refractivity contribution in [1.29, 1.82) is 0 Å². The molecule has 0 bridgehead atoms. The summed E-state index contributed by atoms with van der Waals surface area (Å²) in [5.41, 5.74) is 7.42. The van der Waals surface area contributed by atoms with Gasteiger partial charge >= 0.3 is 6.18 Å². The molecule has 106 valence electrons. The molecule has 0 aromatic heterocycles. The average Bonchev–Trinajstić information content (AvgIpc) is 2.38. The van der Waals surface area contributed by atoms with Crippen LogP contribution < -0.4 is 5.73 Å². The van der Waals surface area contributed by atoms with E-state index in [2.05, 4.69) is 0 Å². The van der Waals surface area contributed by atoms with Crippen LogP contribution in [0.1, 0.15) is 29.2 Å². The molecular weight excluding hydrogens is 263 g/mol. The van der Waals surface area contributed by atoms with Crippen molar-refractivity contribution in [2.75, 3.05) is 0 Å². The summed E-state index contributed by atoms with van der Waals surface area (Å²) in [5.74, 6) is 0. The van der Waals surface area contributed by atoms with Gasteiger partial charge in [-0.3, -0.25) is 0 Å². The summed E-state index contributed by atoms with van der Waals surface area (Å²) in [6.07, 6.45) is -4.33. The van der Waals surface area contributed by atoms with E-state index in [1.165, 1.54) is 12.1 Å². The summed E-state index contributed by atoms with van der Waals surface area (Å²) < 4.78 is 37.7. The van der Waals surface area contributed by atoms with Crippen LogP contribution in [0.2, 0.25) is 0 Å². The van der Waals surface area contributed by atoms with Crippen LogP contribution in [0, 0.1) is 6.92 Å². The minimum absolute atomic E-state index is 0.653. The predicted octanol–water partition coefficient (Wildman–Crippen LogP) is 4.24. The molecule has 2 N–H and O–H groups in total. The number of hydrogen-bond donors (Lipinski definition) is 1. The van der Waals surface area contributed by atoms with Gasteiger partial charge in [0.15, 0.2) is 0 Å². The zero-order chi connectivity index (χ0) is 15.0. The van der Waals surface area contributed by atoms with Crippen LogP contribution in [-0.2, 0) is 11.7 Å². The standard InChI is InChI=1S/C16H16F3N/c1-11-5-3-4-6-14(11)15(2,20)12-7-9-13(10-8-12)16(17,18)19/h3-10H,20H2,1-2H3. The lowest BCUT2D eigenvalue weighted by Gasteiger charge is -2.28. The van der Waals surface area contributed by atoms with Gasteiger partial charge in [0.2, 0.25) is 0 Å². The van der Waals surface area contributed by atoms with Gasteiger partial charge in [-0.1, -0.05) is 36.4 Å². The maximum absolute atomic E-state index is 12.6. The van der Waals surface area contributed by atoms with E-state index >= 15 is 0 Å². The summed E-state index contributed by atoms with van der Waals surface area (Å²) in [6.45, 7) is 3.74. The first-order valence-corrected chi connectivity index (χ1v) is 6.25. The molecule has 1 nitrogen and oxygen atoms in total. The topological polar surface area (TPSA) is 26.0 Å². The lowest BCUT2D eigenvalue weighted by molar-refractivity contribution is -0.137. The SMILES string of the molecule is Cc1ccccc1C(C)(N)c1ccc(C(F)(F)F)cc1. The number of halogens is 3. The summed E-state index contributed by atoms with van der Waals surface area (Å²) in [7, 11) is 0. The van der Waals surface area contributed by atoms with Crippen molar-refractivity contribution in [3.8, 4) is 0 Å². The first-order valence-electron chi connectivity index (χ1n) is 6.25. The fourth-order valence-electron chi connectivity index (χ4n) is 2.32. The molecule has 0 saturated carbocycles. The Morgan fingerprint density at radius 2 is 1.35 bits per heavy atom. The van der Waals surface area contributed by atoms with Gasteiger partial charge in [0.1, 0.15) is 0 Å². The lowest BCUT2D eigenvalue weighted by Crippen LogP contribution is -2.35. The van der Waals surface area contributed by atoms with Gasteiger partial charge in [0, 0.05) is 0 Å². The number of nitrogens with two attached hydrogens (primary N) is 1. The number of aryl methyl sites for hydroxylation is 1. The summed E-state index contributed by atoms with van der Waals surface area (Å²) in [4.78, 5) is 0. The highest BCUT2D eigenvalue weighted by Crippen LogP contribution is 2.33. The monoisotopic (exact) mass is 279 g/mol. The zero-order valence-corrected chi connectivity index (χ0v) is 11.3. The Kier molecular flexibility index (Phi) is 3.61. The summed E-state index contributed by atoms with van der Waals surface area (Å²) in [5, 5.41) is 0. The number of benzene rings is 2. The molecule has 0 fully saturated rings. The molecule has 0 aliphatic rings. The van der Waals surface area contributed by atoms with E-state index in [1.54, 1.807) is 6.92 Å². The van der Waals surface area contributed by atoms with Gasteiger partial charge in [0.05, 0.1) is 11.1 Å². The molecule has 0 aliphatic carbocycles. The van der Waals surface area contributed by atoms with Crippen molar-refractivity contribution in [3.05, 3.63) is 70.8 Å². The summed E-state index contributed by atoms with van der Waals surface area (Å²) >= 11 is 0. The highest BCUT2D eigenvalue weighted by molar-refractivity contribution is 5.42. The molecular formula is C16H16F3N. The van der Waals surface area contributed by atoms with Crippen LogP contribution in [0.15, 0.2) is 48.5 Å². The molecule has 2 aromatic carbocycles. The second-order valence-corrected chi connectivity index (χ2v) is 5.09. The maximum Gasteiger partial charge on any atom is 0.416 e. The van der Waals surface area contributed by atoms with Gasteiger partial charge in [-0.05, 0) is 42.7 Å². The Hall–Kier alpha value is -1.81. The molecule has 20 heavy (non-hydrogen) atoms. The molecule has 0 amide bonds. The van der Waals surface area contributed by atoms with Crippen LogP contribution >= 0.6 is 0 Å². The molecule has 2 rings (SSSR count). The third-order valence-corrected chi connectivity index (χ3v) is 3.52. The molecule has 0 saturated heterocycles. The van der Waals surface area contributed by atoms with Gasteiger partial charge in [-0.2, -0.15) is 13.2 Å². The Balaban J connectivity index is 2.43. The Labute approximate surface area is 116 Å². The van der Waals surface area contributed by atoms with E-state index < -0.39 is 17.3 Å². The van der Waals surface area contributed by atoms with E-state index in [9.17, 15) is 13.2 Å². The van der Waals surface area contributed by atoms with E-state index in [1.807, 2.05) is 31.2 Å². The first-order chi connectivity index (χ1) is 9.23. The van der Waals surface area contributed by atoms with E-state index in [4.69, 9.17) is 5.73 Å². The number of hydrogen-bond acceptors (Lipinski definition) is 1. The predicted molar refractivity (Wildman–Crippen MR) is 73.3 cm³/mol. The molecule has 2 aromatic rings. The van der Waals surface area contributed by atoms with Gasteiger partial charge < -0.3 is 5.73 Å². The van der Waals surface area contributed by atoms with Crippen molar-refractivity contribution in [1.82, 2.24) is 0 Å². The quantitative estimate of drug-likeness (QED) is 0.874. The van der Waals surface area contributed by atoms with Crippen molar-refractivity contribution in [2.24, 2.45) is 5.73 Å². The number of alkyl halides is 3. The van der Waals surface area contributed by atoms with Crippen LogP contribution in [0.25, 0.3) is 0 Å². The highest BCUT2D eigenvalue weighted by Gasteiger charge is 2.31. The molecule has 0 spiro atoms. The van der Waals surface area contributed by atoms with Crippen molar-refractivity contribution in [2.45, 2.75) is 25.6 Å². The zero-order valence-electron chi connectivity index (χ0n) is 11.3. The van der Waals surface area contributed by atoms with E-state index in [0.29, 0.717) is 5.56 Å². The minimum Gasteiger partial charge on any atom is -0.318 e. The van der Waals surface area contributed by atoms with Crippen molar-refractivity contribution in [3.63, 3.8) is 0 Å². The second kappa shape index (κ2) is 4.94. The third kappa shape index (κ3) is 2.70. The van der Waals surface area contributed by atoms with Crippen LogP contribution in [0.4, 0.5) is 13.2 Å². The normalized spacial score (nSPS) is 14.9. The first kappa shape index (κ1) is 14.6. The third-order valence-electron chi connectivity index (χ3n) is 3.52. The Morgan fingerprint density at radius 3 is 1.85 bits per heavy atom. The molecule has 0 heterocycles. The Bertz CT molecular complexity index is 598. The smallest absolute Gasteiger partial charge is 0.318 e. The fourth-order valence-corrected chi connectivity index (χ4v) is 2.32. The lowest BCUT2D eigenvalue weighted by atomic mass is 9.83. The van der Waals surface area contributed by atoms with E-state index in [-0.39, 0.29) is 0 Å². The van der Waals surface area contributed by atoms with Crippen molar-refractivity contribution >= 4 is 0 Å². The average molecular weight is 279 g/mol. The molecule has 0 radical (unpaired) electrons. The van der Waals surface area contributed by atoms with Crippen molar-refractivity contribution < 1.29 is 13.2 Å². The van der Waals surface area contributed by atoms with Gasteiger partial charge in [-0.15, -0.1) is 0 Å². The number of rotatable bonds is 2. The van der Waals surface area contributed by atoms with Gasteiger partial charge in [0.25, 0.3) is 0 Å². The largest absolute Gasteiger partial charge is 0.416 e. The van der Waals surface area contributed by atoms with Crippen LogP contribution in [-0.4, -0.2) is 0 Å². The molecule has 0 aliphatic heterocycles. The van der Waals surface area contributed by atoms with Crippen LogP contribution in [0.5, 0.6) is 0 Å². The molecule has 1 unspecified atom stereocenters. The molecule has 4 heteroatoms. The second-order valence-electron chi connectivity index (χ2n) is 5.09.